The van der Waals surface area contributed by atoms with Crippen molar-refractivity contribution in [2.75, 3.05) is 19.8 Å². The molecule has 2 fully saturated rings. The maximum absolute atomic E-state index is 13.1. The highest BCUT2D eigenvalue weighted by Gasteiger charge is 2.40. The van der Waals surface area contributed by atoms with Gasteiger partial charge >= 0.3 is 0 Å². The van der Waals surface area contributed by atoms with Crippen LogP contribution in [0.1, 0.15) is 19.3 Å². The van der Waals surface area contributed by atoms with Gasteiger partial charge in [0.1, 0.15) is 0 Å². The molecule has 1 aromatic carbocycles. The van der Waals surface area contributed by atoms with Crippen LogP contribution in [-0.2, 0) is 19.5 Å². The molecule has 2 aliphatic heterocycles. The van der Waals surface area contributed by atoms with Crippen molar-refractivity contribution in [1.82, 2.24) is 4.31 Å². The molecule has 0 aliphatic carbocycles. The van der Waals surface area contributed by atoms with Crippen molar-refractivity contribution in [3.05, 3.63) is 27.1 Å². The van der Waals surface area contributed by atoms with Gasteiger partial charge in [-0.3, -0.25) is 0 Å². The van der Waals surface area contributed by atoms with Crippen LogP contribution >= 0.6 is 31.9 Å². The van der Waals surface area contributed by atoms with Crippen molar-refractivity contribution in [1.29, 1.82) is 0 Å². The van der Waals surface area contributed by atoms with Crippen LogP contribution in [0.2, 0.25) is 0 Å². The molecule has 0 saturated carbocycles. The van der Waals surface area contributed by atoms with Crippen molar-refractivity contribution in [3.8, 4) is 0 Å². The summed E-state index contributed by atoms with van der Waals surface area (Å²) in [5.41, 5.74) is 0. The minimum Gasteiger partial charge on any atom is -0.349 e. The molecule has 8 heteroatoms. The Labute approximate surface area is 147 Å². The maximum Gasteiger partial charge on any atom is 0.244 e. The van der Waals surface area contributed by atoms with Crippen molar-refractivity contribution < 1.29 is 17.9 Å². The molecule has 1 unspecified atom stereocenters. The average Bonchev–Trinajstić information content (AvgIpc) is 3.01. The van der Waals surface area contributed by atoms with Crippen LogP contribution in [0.4, 0.5) is 0 Å². The number of halogens is 2. The Kier molecular flexibility index (Phi) is 5.26. The molecule has 0 N–H and O–H groups in total. The minimum absolute atomic E-state index is 0.253. The van der Waals surface area contributed by atoms with E-state index in [0.29, 0.717) is 24.2 Å². The number of rotatable bonds is 3. The minimum atomic E-state index is -3.59. The van der Waals surface area contributed by atoms with Gasteiger partial charge in [-0.25, -0.2) is 8.42 Å². The van der Waals surface area contributed by atoms with E-state index in [9.17, 15) is 8.42 Å². The molecular weight excluding hydrogens is 438 g/mol. The van der Waals surface area contributed by atoms with Crippen molar-refractivity contribution >= 4 is 41.9 Å². The topological polar surface area (TPSA) is 55.8 Å². The highest BCUT2D eigenvalue weighted by Crippen LogP contribution is 2.33. The standard InChI is InChI=1S/C14H17Br2NO4S/c15-10-4-5-13(11(16)9-10)22(18,19)17-6-2-1-3-12(17)14-20-7-8-21-14/h4-5,9,12,14H,1-3,6-8H2. The fourth-order valence-electron chi connectivity index (χ4n) is 2.91. The first-order valence-corrected chi connectivity index (χ1v) is 10.2. The molecule has 22 heavy (non-hydrogen) atoms. The predicted octanol–water partition coefficient (Wildman–Crippen LogP) is 3.13. The van der Waals surface area contributed by atoms with Crippen LogP contribution in [0.25, 0.3) is 0 Å². The smallest absolute Gasteiger partial charge is 0.244 e. The zero-order valence-electron chi connectivity index (χ0n) is 11.9. The number of hydrogen-bond acceptors (Lipinski definition) is 4. The largest absolute Gasteiger partial charge is 0.349 e. The van der Waals surface area contributed by atoms with E-state index in [1.807, 2.05) is 0 Å². The summed E-state index contributed by atoms with van der Waals surface area (Å²) < 4.78 is 40.1. The van der Waals surface area contributed by atoms with Gasteiger partial charge in [-0.05, 0) is 47.0 Å². The summed E-state index contributed by atoms with van der Waals surface area (Å²) in [6.45, 7) is 1.55. The highest BCUT2D eigenvalue weighted by atomic mass is 79.9. The van der Waals surface area contributed by atoms with Crippen LogP contribution in [-0.4, -0.2) is 44.8 Å². The summed E-state index contributed by atoms with van der Waals surface area (Å²) in [5, 5.41) is 0. The number of piperidine rings is 1. The molecule has 1 aromatic rings. The third kappa shape index (κ3) is 3.27. The summed E-state index contributed by atoms with van der Waals surface area (Å²) in [6, 6.07) is 4.84. The first-order chi connectivity index (χ1) is 10.5. The van der Waals surface area contributed by atoms with E-state index in [0.717, 1.165) is 23.7 Å². The molecule has 0 aromatic heterocycles. The Balaban J connectivity index is 1.94. The van der Waals surface area contributed by atoms with E-state index >= 15 is 0 Å². The zero-order valence-corrected chi connectivity index (χ0v) is 15.9. The highest BCUT2D eigenvalue weighted by molar-refractivity contribution is 9.11. The molecular formula is C14H17Br2NO4S. The van der Waals surface area contributed by atoms with Crippen molar-refractivity contribution in [2.45, 2.75) is 36.5 Å². The summed E-state index contributed by atoms with van der Waals surface area (Å²) in [6.07, 6.45) is 2.15. The SMILES string of the molecule is O=S(=O)(c1ccc(Br)cc1Br)N1CCCCC1C1OCCO1. The Morgan fingerprint density at radius 2 is 1.86 bits per heavy atom. The van der Waals surface area contributed by atoms with E-state index in [1.165, 1.54) is 0 Å². The molecule has 0 spiro atoms. The quantitative estimate of drug-likeness (QED) is 0.703. The maximum atomic E-state index is 13.1. The van der Waals surface area contributed by atoms with Gasteiger partial charge in [0.15, 0.2) is 6.29 Å². The lowest BCUT2D eigenvalue weighted by Crippen LogP contribution is -2.50. The summed E-state index contributed by atoms with van der Waals surface area (Å²) in [4.78, 5) is 0.278. The van der Waals surface area contributed by atoms with Crippen LogP contribution in [0.15, 0.2) is 32.0 Å². The molecule has 122 valence electrons. The normalized spacial score (nSPS) is 24.7. The second kappa shape index (κ2) is 6.86. The van der Waals surface area contributed by atoms with Crippen LogP contribution < -0.4 is 0 Å². The third-order valence-electron chi connectivity index (χ3n) is 3.94. The molecule has 0 amide bonds. The van der Waals surface area contributed by atoms with Crippen molar-refractivity contribution in [3.63, 3.8) is 0 Å². The van der Waals surface area contributed by atoms with Crippen LogP contribution in [0.5, 0.6) is 0 Å². The van der Waals surface area contributed by atoms with Gasteiger partial charge in [-0.1, -0.05) is 22.4 Å². The second-order valence-electron chi connectivity index (χ2n) is 5.36. The molecule has 0 radical (unpaired) electrons. The van der Waals surface area contributed by atoms with E-state index in [-0.39, 0.29) is 10.9 Å². The van der Waals surface area contributed by atoms with Gasteiger partial charge in [0, 0.05) is 15.5 Å². The second-order valence-corrected chi connectivity index (χ2v) is 8.99. The summed E-state index contributed by atoms with van der Waals surface area (Å²) in [7, 11) is -3.59. The number of ether oxygens (including phenoxy) is 2. The Morgan fingerprint density at radius 1 is 1.14 bits per heavy atom. The molecule has 0 bridgehead atoms. The molecule has 1 atom stereocenters. The fraction of sp³-hybridized carbons (Fsp3) is 0.571. The van der Waals surface area contributed by atoms with Crippen LogP contribution in [0, 0.1) is 0 Å². The van der Waals surface area contributed by atoms with E-state index in [2.05, 4.69) is 31.9 Å². The van der Waals surface area contributed by atoms with Gasteiger partial charge in [-0.15, -0.1) is 0 Å². The Bertz CT molecular complexity index is 646. The van der Waals surface area contributed by atoms with Gasteiger partial charge < -0.3 is 9.47 Å². The lowest BCUT2D eigenvalue weighted by atomic mass is 10.0. The molecule has 2 aliphatic rings. The zero-order chi connectivity index (χ0) is 15.7. The van der Waals surface area contributed by atoms with Gasteiger partial charge in [0.05, 0.1) is 24.2 Å². The summed E-state index contributed by atoms with van der Waals surface area (Å²) >= 11 is 6.70. The lowest BCUT2D eigenvalue weighted by Gasteiger charge is -2.37. The Morgan fingerprint density at radius 3 is 2.55 bits per heavy atom. The first kappa shape index (κ1) is 16.9. The molecule has 3 rings (SSSR count). The number of nitrogens with zero attached hydrogens (tertiary/aromatic N) is 1. The van der Waals surface area contributed by atoms with Crippen LogP contribution in [0.3, 0.4) is 0 Å². The van der Waals surface area contributed by atoms with Crippen molar-refractivity contribution in [2.24, 2.45) is 0 Å². The summed E-state index contributed by atoms with van der Waals surface area (Å²) in [5.74, 6) is 0. The third-order valence-corrected chi connectivity index (χ3v) is 7.34. The van der Waals surface area contributed by atoms with E-state index in [1.54, 1.807) is 22.5 Å². The number of sulfonamides is 1. The number of benzene rings is 1. The van der Waals surface area contributed by atoms with Gasteiger partial charge in [0.2, 0.25) is 10.0 Å². The monoisotopic (exact) mass is 453 g/mol. The molecule has 2 saturated heterocycles. The predicted molar refractivity (Wildman–Crippen MR) is 89.1 cm³/mol. The fourth-order valence-corrected chi connectivity index (χ4v) is 6.30. The first-order valence-electron chi connectivity index (χ1n) is 7.20. The molecule has 2 heterocycles. The average molecular weight is 455 g/mol. The van der Waals surface area contributed by atoms with Gasteiger partial charge in [0.25, 0.3) is 0 Å². The van der Waals surface area contributed by atoms with E-state index < -0.39 is 16.3 Å². The van der Waals surface area contributed by atoms with Gasteiger partial charge in [-0.2, -0.15) is 4.31 Å². The molecule has 5 nitrogen and oxygen atoms in total. The van der Waals surface area contributed by atoms with E-state index in [4.69, 9.17) is 9.47 Å². The Hall–Kier alpha value is 0.01000. The number of hydrogen-bond donors (Lipinski definition) is 0. The lowest BCUT2D eigenvalue weighted by molar-refractivity contribution is -0.0913.